The second kappa shape index (κ2) is 5.64. The van der Waals surface area contributed by atoms with Gasteiger partial charge in [0, 0.05) is 42.3 Å². The summed E-state index contributed by atoms with van der Waals surface area (Å²) in [6.07, 6.45) is 1.07. The van der Waals surface area contributed by atoms with Crippen molar-refractivity contribution in [1.82, 2.24) is 9.47 Å². The van der Waals surface area contributed by atoms with Crippen molar-refractivity contribution >= 4 is 10.9 Å². The first-order valence-corrected chi connectivity index (χ1v) is 8.77. The van der Waals surface area contributed by atoms with Crippen LogP contribution in [-0.4, -0.2) is 21.6 Å². The molecule has 0 amide bonds. The largest absolute Gasteiger partial charge is 0.348 e. The zero-order chi connectivity index (χ0) is 16.9. The molecular weight excluding hydrogens is 282 g/mol. The molecule has 126 valence electrons. The fraction of sp³-hybridized carbons (Fsp3) is 0.600. The molecule has 1 unspecified atom stereocenters. The van der Waals surface area contributed by atoms with E-state index in [1.807, 2.05) is 0 Å². The molecular formula is C20H31N3. The number of nitrogens with zero attached hydrogens (tertiary/aromatic N) is 2. The van der Waals surface area contributed by atoms with Crippen LogP contribution in [0.1, 0.15) is 50.1 Å². The zero-order valence-electron chi connectivity index (χ0n) is 15.5. The minimum absolute atomic E-state index is 0.220. The molecule has 1 aliphatic rings. The number of aryl methyl sites for hydroxylation is 1. The standard InChI is InChI=1S/C20H31N3/c1-13(10-21)7-17-14(2)22(6)19-9-16-12-23(20(3,4)5)11-15(16)8-18(17)19/h8-9,13H,7,10-12,21H2,1-6H3. The Balaban J connectivity index is 2.07. The van der Waals surface area contributed by atoms with Gasteiger partial charge in [0.1, 0.15) is 0 Å². The van der Waals surface area contributed by atoms with Crippen LogP contribution in [-0.2, 0) is 26.6 Å². The molecule has 1 aliphatic heterocycles. The summed E-state index contributed by atoms with van der Waals surface area (Å²) in [5.74, 6) is 0.527. The maximum Gasteiger partial charge on any atom is 0.0486 e. The van der Waals surface area contributed by atoms with E-state index in [9.17, 15) is 0 Å². The third-order valence-corrected chi connectivity index (χ3v) is 5.57. The number of rotatable bonds is 3. The molecule has 0 bridgehead atoms. The van der Waals surface area contributed by atoms with Crippen LogP contribution >= 0.6 is 0 Å². The monoisotopic (exact) mass is 313 g/mol. The molecule has 0 aliphatic carbocycles. The molecule has 23 heavy (non-hydrogen) atoms. The molecule has 1 aromatic carbocycles. The van der Waals surface area contributed by atoms with Crippen LogP contribution in [0.5, 0.6) is 0 Å². The van der Waals surface area contributed by atoms with E-state index < -0.39 is 0 Å². The molecule has 2 aromatic rings. The highest BCUT2D eigenvalue weighted by atomic mass is 15.2. The highest BCUT2D eigenvalue weighted by Crippen LogP contribution is 2.35. The zero-order valence-corrected chi connectivity index (χ0v) is 15.5. The number of benzene rings is 1. The maximum absolute atomic E-state index is 5.86. The van der Waals surface area contributed by atoms with Crippen LogP contribution < -0.4 is 5.73 Å². The van der Waals surface area contributed by atoms with Gasteiger partial charge in [0.2, 0.25) is 0 Å². The van der Waals surface area contributed by atoms with Crippen LogP contribution in [0, 0.1) is 12.8 Å². The average molecular weight is 313 g/mol. The van der Waals surface area contributed by atoms with Crippen molar-refractivity contribution in [2.24, 2.45) is 18.7 Å². The van der Waals surface area contributed by atoms with E-state index in [1.165, 1.54) is 33.3 Å². The fourth-order valence-corrected chi connectivity index (χ4v) is 3.70. The molecule has 2 N–H and O–H groups in total. The van der Waals surface area contributed by atoms with Gasteiger partial charge in [-0.1, -0.05) is 6.92 Å². The van der Waals surface area contributed by atoms with Gasteiger partial charge < -0.3 is 10.3 Å². The molecule has 3 rings (SSSR count). The molecule has 0 fully saturated rings. The first kappa shape index (κ1) is 16.5. The third kappa shape index (κ3) is 2.81. The van der Waals surface area contributed by atoms with Gasteiger partial charge in [0.25, 0.3) is 0 Å². The van der Waals surface area contributed by atoms with Crippen molar-refractivity contribution < 1.29 is 0 Å². The van der Waals surface area contributed by atoms with E-state index in [0.717, 1.165) is 26.1 Å². The topological polar surface area (TPSA) is 34.2 Å². The number of aromatic nitrogens is 1. The molecule has 3 heteroatoms. The van der Waals surface area contributed by atoms with Crippen molar-refractivity contribution in [3.05, 3.63) is 34.5 Å². The number of hydrogen-bond acceptors (Lipinski definition) is 2. The Bertz CT molecular complexity index is 734. The lowest BCUT2D eigenvalue weighted by Gasteiger charge is -2.31. The molecule has 2 heterocycles. The van der Waals surface area contributed by atoms with Crippen LogP contribution in [0.25, 0.3) is 10.9 Å². The average Bonchev–Trinajstić information content (AvgIpc) is 3.00. The smallest absolute Gasteiger partial charge is 0.0486 e. The van der Waals surface area contributed by atoms with Gasteiger partial charge in [0.15, 0.2) is 0 Å². The Morgan fingerprint density at radius 3 is 2.35 bits per heavy atom. The van der Waals surface area contributed by atoms with Crippen LogP contribution in [0.3, 0.4) is 0 Å². The SMILES string of the molecule is Cc1c(CC(C)CN)c2cc3c(cc2n1C)CN(C(C)(C)C)C3. The van der Waals surface area contributed by atoms with Crippen molar-refractivity contribution in [2.75, 3.05) is 6.54 Å². The third-order valence-electron chi connectivity index (χ3n) is 5.57. The van der Waals surface area contributed by atoms with Gasteiger partial charge in [-0.3, -0.25) is 4.90 Å². The van der Waals surface area contributed by atoms with Crippen LogP contribution in [0.2, 0.25) is 0 Å². The first-order chi connectivity index (χ1) is 10.7. The van der Waals surface area contributed by atoms with E-state index in [1.54, 1.807) is 0 Å². The highest BCUT2D eigenvalue weighted by molar-refractivity contribution is 5.87. The summed E-state index contributed by atoms with van der Waals surface area (Å²) in [5, 5.41) is 1.43. The second-order valence-corrected chi connectivity index (χ2v) is 8.33. The summed E-state index contributed by atoms with van der Waals surface area (Å²) in [7, 11) is 2.19. The number of hydrogen-bond donors (Lipinski definition) is 1. The number of nitrogens with two attached hydrogens (primary N) is 1. The van der Waals surface area contributed by atoms with Crippen molar-refractivity contribution in [2.45, 2.75) is 59.7 Å². The van der Waals surface area contributed by atoms with Gasteiger partial charge in [-0.25, -0.2) is 0 Å². The molecule has 0 radical (unpaired) electrons. The minimum atomic E-state index is 0.220. The maximum atomic E-state index is 5.86. The molecule has 1 atom stereocenters. The summed E-state index contributed by atoms with van der Waals surface area (Å²) < 4.78 is 2.36. The van der Waals surface area contributed by atoms with Gasteiger partial charge in [-0.2, -0.15) is 0 Å². The van der Waals surface area contributed by atoms with Gasteiger partial charge >= 0.3 is 0 Å². The summed E-state index contributed by atoms with van der Waals surface area (Å²) in [6, 6.07) is 4.86. The lowest BCUT2D eigenvalue weighted by Crippen LogP contribution is -2.36. The lowest BCUT2D eigenvalue weighted by molar-refractivity contribution is 0.136. The Labute approximate surface area is 140 Å². The summed E-state index contributed by atoms with van der Waals surface area (Å²) in [4.78, 5) is 2.56. The second-order valence-electron chi connectivity index (χ2n) is 8.33. The van der Waals surface area contributed by atoms with Crippen molar-refractivity contribution in [3.8, 4) is 0 Å². The lowest BCUT2D eigenvalue weighted by atomic mass is 9.97. The first-order valence-electron chi connectivity index (χ1n) is 8.77. The predicted molar refractivity (Wildman–Crippen MR) is 98.6 cm³/mol. The Morgan fingerprint density at radius 2 is 1.78 bits per heavy atom. The predicted octanol–water partition coefficient (Wildman–Crippen LogP) is 3.74. The number of fused-ring (bicyclic) bond motifs is 2. The normalized spacial score (nSPS) is 17.0. The summed E-state index contributed by atoms with van der Waals surface area (Å²) >= 11 is 0. The summed E-state index contributed by atoms with van der Waals surface area (Å²) in [6.45, 7) is 14.3. The van der Waals surface area contributed by atoms with E-state index in [4.69, 9.17) is 5.73 Å². The molecule has 0 saturated heterocycles. The van der Waals surface area contributed by atoms with E-state index >= 15 is 0 Å². The fourth-order valence-electron chi connectivity index (χ4n) is 3.70. The minimum Gasteiger partial charge on any atom is -0.348 e. The molecule has 3 nitrogen and oxygen atoms in total. The van der Waals surface area contributed by atoms with Gasteiger partial charge in [-0.05, 0) is 75.4 Å². The van der Waals surface area contributed by atoms with Crippen LogP contribution in [0.15, 0.2) is 12.1 Å². The van der Waals surface area contributed by atoms with Gasteiger partial charge in [-0.15, -0.1) is 0 Å². The summed E-state index contributed by atoms with van der Waals surface area (Å²) in [5.41, 5.74) is 13.3. The van der Waals surface area contributed by atoms with E-state index in [0.29, 0.717) is 5.92 Å². The van der Waals surface area contributed by atoms with E-state index in [2.05, 4.69) is 63.3 Å². The molecule has 0 spiro atoms. The van der Waals surface area contributed by atoms with E-state index in [-0.39, 0.29) is 5.54 Å². The molecule has 0 saturated carbocycles. The van der Waals surface area contributed by atoms with Gasteiger partial charge in [0.05, 0.1) is 0 Å². The van der Waals surface area contributed by atoms with Crippen LogP contribution in [0.4, 0.5) is 0 Å². The van der Waals surface area contributed by atoms with Crippen molar-refractivity contribution in [3.63, 3.8) is 0 Å². The Kier molecular flexibility index (Phi) is 4.06. The quantitative estimate of drug-likeness (QED) is 0.936. The Morgan fingerprint density at radius 1 is 1.17 bits per heavy atom. The molecule has 1 aromatic heterocycles. The Hall–Kier alpha value is -1.32. The van der Waals surface area contributed by atoms with Crippen molar-refractivity contribution in [1.29, 1.82) is 0 Å². The highest BCUT2D eigenvalue weighted by Gasteiger charge is 2.29.